The third kappa shape index (κ3) is 2.41. The predicted octanol–water partition coefficient (Wildman–Crippen LogP) is 1.59. The van der Waals surface area contributed by atoms with Gasteiger partial charge in [-0.3, -0.25) is 0 Å². The van der Waals surface area contributed by atoms with Gasteiger partial charge < -0.3 is 15.0 Å². The molecule has 3 heterocycles. The third-order valence-corrected chi connectivity index (χ3v) is 6.98. The fraction of sp³-hybridized carbons (Fsp3) is 0.833. The Morgan fingerprint density at radius 2 is 2.16 bits per heavy atom. The third-order valence-electron chi connectivity index (χ3n) is 3.89. The van der Waals surface area contributed by atoms with E-state index in [9.17, 15) is 0 Å². The first-order valence-corrected chi connectivity index (χ1v) is 8.61. The molecule has 0 radical (unpaired) electrons. The average Bonchev–Trinajstić information content (AvgIpc) is 2.99. The number of aromatic nitrogens is 2. The van der Waals surface area contributed by atoms with Gasteiger partial charge in [0.2, 0.25) is 5.89 Å². The van der Waals surface area contributed by atoms with Gasteiger partial charge in [0.1, 0.15) is 0 Å². The molecule has 4 unspecified atom stereocenters. The summed E-state index contributed by atoms with van der Waals surface area (Å²) in [5, 5.41) is 5.02. The molecule has 7 heteroatoms. The zero-order chi connectivity index (χ0) is 13.5. The molecule has 0 bridgehead atoms. The number of rotatable bonds is 2. The normalized spacial score (nSPS) is 39.6. The summed E-state index contributed by atoms with van der Waals surface area (Å²) in [4.78, 5) is 4.62. The van der Waals surface area contributed by atoms with E-state index in [4.69, 9.17) is 15.0 Å². The summed E-state index contributed by atoms with van der Waals surface area (Å²) in [6.45, 7) is 5.37. The highest BCUT2D eigenvalue weighted by molar-refractivity contribution is 8.06. The van der Waals surface area contributed by atoms with E-state index in [-0.39, 0.29) is 11.5 Å². The number of thioether (sulfide) groups is 2. The maximum atomic E-state index is 6.10. The monoisotopic (exact) mass is 301 g/mol. The van der Waals surface area contributed by atoms with Crippen molar-refractivity contribution >= 4 is 23.5 Å². The number of hydrogen-bond acceptors (Lipinski definition) is 7. The Hall–Kier alpha value is -0.240. The molecule has 0 aromatic carbocycles. The van der Waals surface area contributed by atoms with Gasteiger partial charge >= 0.3 is 0 Å². The van der Waals surface area contributed by atoms with E-state index in [1.807, 2.05) is 30.4 Å². The molecule has 106 valence electrons. The van der Waals surface area contributed by atoms with Gasteiger partial charge in [0.25, 0.3) is 0 Å². The zero-order valence-electron chi connectivity index (χ0n) is 11.2. The van der Waals surface area contributed by atoms with Gasteiger partial charge in [-0.25, -0.2) is 0 Å². The maximum Gasteiger partial charge on any atom is 0.236 e. The number of hydrogen-bond donors (Lipinski definition) is 1. The molecule has 3 rings (SSSR count). The molecule has 1 aromatic heterocycles. The molecule has 0 amide bonds. The van der Waals surface area contributed by atoms with Gasteiger partial charge in [0.05, 0.1) is 23.9 Å². The lowest BCUT2D eigenvalue weighted by Crippen LogP contribution is -2.42. The molecule has 0 saturated carbocycles. The van der Waals surface area contributed by atoms with E-state index >= 15 is 0 Å². The molecule has 4 atom stereocenters. The van der Waals surface area contributed by atoms with E-state index < -0.39 is 0 Å². The smallest absolute Gasteiger partial charge is 0.236 e. The van der Waals surface area contributed by atoms with Crippen molar-refractivity contribution in [1.29, 1.82) is 0 Å². The fourth-order valence-corrected chi connectivity index (χ4v) is 5.09. The van der Waals surface area contributed by atoms with Crippen LogP contribution >= 0.6 is 23.5 Å². The first-order chi connectivity index (χ1) is 9.11. The summed E-state index contributed by atoms with van der Waals surface area (Å²) >= 11 is 3.88. The van der Waals surface area contributed by atoms with Crippen LogP contribution < -0.4 is 5.73 Å². The van der Waals surface area contributed by atoms with Gasteiger partial charge in [-0.15, -0.1) is 11.8 Å². The number of nitrogens with two attached hydrogens (primary N) is 1. The van der Waals surface area contributed by atoms with Crippen LogP contribution in [0.1, 0.15) is 30.8 Å². The molecule has 2 aliphatic heterocycles. The topological polar surface area (TPSA) is 74.2 Å². The SMILES string of the molecule is CC1SCCSC1c1noc(C2(C)COCC2N)n1. The van der Waals surface area contributed by atoms with Crippen LogP contribution in [0.15, 0.2) is 4.52 Å². The summed E-state index contributed by atoms with van der Waals surface area (Å²) in [6, 6.07) is -0.0772. The molecule has 2 N–H and O–H groups in total. The van der Waals surface area contributed by atoms with Crippen LogP contribution in [0.3, 0.4) is 0 Å². The van der Waals surface area contributed by atoms with E-state index in [1.54, 1.807) is 0 Å². The van der Waals surface area contributed by atoms with Crippen molar-refractivity contribution in [1.82, 2.24) is 10.1 Å². The van der Waals surface area contributed by atoms with Gasteiger partial charge in [0, 0.05) is 22.8 Å². The molecule has 19 heavy (non-hydrogen) atoms. The molecular weight excluding hydrogens is 282 g/mol. The van der Waals surface area contributed by atoms with Gasteiger partial charge in [-0.05, 0) is 6.92 Å². The Bertz CT molecular complexity index is 456. The number of nitrogens with zero attached hydrogens (tertiary/aromatic N) is 2. The van der Waals surface area contributed by atoms with Crippen LogP contribution in [0.5, 0.6) is 0 Å². The van der Waals surface area contributed by atoms with Crippen LogP contribution in [0.2, 0.25) is 0 Å². The Kier molecular flexibility index (Phi) is 3.81. The van der Waals surface area contributed by atoms with Crippen LogP contribution in [-0.4, -0.2) is 46.2 Å². The fourth-order valence-electron chi connectivity index (χ4n) is 2.41. The van der Waals surface area contributed by atoms with E-state index in [1.165, 1.54) is 5.75 Å². The molecule has 0 spiro atoms. The Balaban J connectivity index is 1.83. The summed E-state index contributed by atoms with van der Waals surface area (Å²) in [5.74, 6) is 3.77. The van der Waals surface area contributed by atoms with Crippen molar-refractivity contribution in [3.63, 3.8) is 0 Å². The summed E-state index contributed by atoms with van der Waals surface area (Å²) < 4.78 is 10.9. The molecule has 0 aliphatic carbocycles. The largest absolute Gasteiger partial charge is 0.379 e. The molecule has 2 fully saturated rings. The first-order valence-electron chi connectivity index (χ1n) is 6.52. The zero-order valence-corrected chi connectivity index (χ0v) is 12.8. The summed E-state index contributed by atoms with van der Waals surface area (Å²) in [5.41, 5.74) is 5.75. The maximum absolute atomic E-state index is 6.10. The highest BCUT2D eigenvalue weighted by atomic mass is 32.2. The van der Waals surface area contributed by atoms with Crippen molar-refractivity contribution in [2.75, 3.05) is 24.7 Å². The Morgan fingerprint density at radius 1 is 1.37 bits per heavy atom. The second-order valence-electron chi connectivity index (χ2n) is 5.36. The van der Waals surface area contributed by atoms with Gasteiger partial charge in [-0.1, -0.05) is 12.1 Å². The van der Waals surface area contributed by atoms with E-state index in [0.29, 0.717) is 29.6 Å². The van der Waals surface area contributed by atoms with Crippen molar-refractivity contribution in [2.45, 2.75) is 35.8 Å². The minimum absolute atomic E-state index is 0.0772. The molecular formula is C12H19N3O2S2. The van der Waals surface area contributed by atoms with Crippen LogP contribution in [-0.2, 0) is 10.2 Å². The quantitative estimate of drug-likeness (QED) is 0.889. The second-order valence-corrected chi connectivity index (χ2v) is 8.10. The van der Waals surface area contributed by atoms with Crippen LogP contribution in [0.25, 0.3) is 0 Å². The highest BCUT2D eigenvalue weighted by Crippen LogP contribution is 2.42. The van der Waals surface area contributed by atoms with Crippen molar-refractivity contribution in [3.8, 4) is 0 Å². The minimum Gasteiger partial charge on any atom is -0.379 e. The summed E-state index contributed by atoms with van der Waals surface area (Å²) in [7, 11) is 0. The predicted molar refractivity (Wildman–Crippen MR) is 77.6 cm³/mol. The van der Waals surface area contributed by atoms with Gasteiger partial charge in [0.15, 0.2) is 5.82 Å². The van der Waals surface area contributed by atoms with E-state index in [0.717, 1.165) is 11.6 Å². The summed E-state index contributed by atoms with van der Waals surface area (Å²) in [6.07, 6.45) is 0. The standard InChI is InChI=1S/C12H19N3O2S2/c1-7-9(19-4-3-18-7)10-14-11(17-15-10)12(2)6-16-5-8(12)13/h7-9H,3-6,13H2,1-2H3. The highest BCUT2D eigenvalue weighted by Gasteiger charge is 2.44. The molecule has 1 aromatic rings. The molecule has 2 aliphatic rings. The van der Waals surface area contributed by atoms with Crippen LogP contribution in [0, 0.1) is 0 Å². The Morgan fingerprint density at radius 3 is 2.84 bits per heavy atom. The number of ether oxygens (including phenoxy) is 1. The molecule has 2 saturated heterocycles. The lowest BCUT2D eigenvalue weighted by Gasteiger charge is -2.25. The lowest BCUT2D eigenvalue weighted by molar-refractivity contribution is 0.169. The Labute approximate surface area is 121 Å². The van der Waals surface area contributed by atoms with Crippen molar-refractivity contribution in [3.05, 3.63) is 11.7 Å². The van der Waals surface area contributed by atoms with E-state index in [2.05, 4.69) is 17.1 Å². The van der Waals surface area contributed by atoms with Crippen molar-refractivity contribution in [2.24, 2.45) is 5.73 Å². The van der Waals surface area contributed by atoms with Crippen molar-refractivity contribution < 1.29 is 9.26 Å². The molecule has 5 nitrogen and oxygen atoms in total. The van der Waals surface area contributed by atoms with Gasteiger partial charge in [-0.2, -0.15) is 16.7 Å². The first kappa shape index (κ1) is 13.7. The average molecular weight is 301 g/mol. The second kappa shape index (κ2) is 5.27. The lowest BCUT2D eigenvalue weighted by atomic mass is 9.86. The minimum atomic E-state index is -0.346. The van der Waals surface area contributed by atoms with Crippen LogP contribution in [0.4, 0.5) is 0 Å².